The summed E-state index contributed by atoms with van der Waals surface area (Å²) in [4.78, 5) is 36.6. The number of allylic oxidation sites excluding steroid dienone is 11. The summed E-state index contributed by atoms with van der Waals surface area (Å²) in [5.41, 5.74) is 0. The molecule has 0 N–H and O–H groups in total. The van der Waals surface area contributed by atoms with Crippen LogP contribution >= 0.6 is 0 Å². The minimum absolute atomic E-state index is 0.000465. The van der Waals surface area contributed by atoms with E-state index in [1.165, 1.54) is 64.2 Å². The van der Waals surface area contributed by atoms with Gasteiger partial charge in [-0.15, -0.1) is 0 Å². The van der Waals surface area contributed by atoms with Crippen LogP contribution in [0.1, 0.15) is 155 Å². The average Bonchev–Trinajstić information content (AvgIpc) is 3.14. The van der Waals surface area contributed by atoms with Gasteiger partial charge in [-0.3, -0.25) is 9.59 Å². The molecule has 0 aromatic heterocycles. The predicted molar refractivity (Wildman–Crippen MR) is 226 cm³/mol. The van der Waals surface area contributed by atoms with Crippen molar-refractivity contribution < 1.29 is 38.2 Å². The molecule has 0 rings (SSSR count). The highest BCUT2D eigenvalue weighted by Crippen LogP contribution is 2.13. The molecular formula is C47H79NO7. The summed E-state index contributed by atoms with van der Waals surface area (Å²) in [6.07, 6.45) is 46.9. The molecule has 0 spiro atoms. The highest BCUT2D eigenvalue weighted by Gasteiger charge is 2.25. The monoisotopic (exact) mass is 770 g/mol. The van der Waals surface area contributed by atoms with Gasteiger partial charge in [-0.25, -0.2) is 0 Å². The highest BCUT2D eigenvalue weighted by molar-refractivity contribution is 5.71. The number of nitrogens with zero attached hydrogens (tertiary/aromatic N) is 1. The van der Waals surface area contributed by atoms with E-state index in [2.05, 4.69) is 68.5 Å². The van der Waals surface area contributed by atoms with Crippen molar-refractivity contribution in [2.24, 2.45) is 0 Å². The van der Waals surface area contributed by atoms with Crippen LogP contribution in [0.2, 0.25) is 0 Å². The summed E-state index contributed by atoms with van der Waals surface area (Å²) < 4.78 is 17.0. The van der Waals surface area contributed by atoms with E-state index in [0.29, 0.717) is 6.42 Å². The molecule has 0 amide bonds. The molecule has 314 valence electrons. The molecule has 0 heterocycles. The van der Waals surface area contributed by atoms with Crippen LogP contribution in [0.4, 0.5) is 0 Å². The lowest BCUT2D eigenvalue weighted by Crippen LogP contribution is -2.55. The molecule has 8 nitrogen and oxygen atoms in total. The Morgan fingerprint density at radius 3 is 1.60 bits per heavy atom. The number of rotatable bonds is 37. The van der Waals surface area contributed by atoms with E-state index in [9.17, 15) is 19.5 Å². The smallest absolute Gasteiger partial charge is 0.310 e. The van der Waals surface area contributed by atoms with Crippen molar-refractivity contribution in [1.29, 1.82) is 0 Å². The second kappa shape index (κ2) is 37.7. The van der Waals surface area contributed by atoms with Crippen LogP contribution in [-0.4, -0.2) is 75.5 Å². The second-order valence-electron chi connectivity index (χ2n) is 15.2. The number of quaternary nitrogens is 1. The maximum atomic E-state index is 12.6. The fourth-order valence-electron chi connectivity index (χ4n) is 5.79. The topological polar surface area (TPSA) is 102 Å². The molecule has 2 atom stereocenters. The van der Waals surface area contributed by atoms with E-state index in [1.54, 1.807) is 27.2 Å². The molecule has 8 heteroatoms. The van der Waals surface area contributed by atoms with Gasteiger partial charge in [0.1, 0.15) is 12.6 Å². The van der Waals surface area contributed by atoms with Gasteiger partial charge >= 0.3 is 11.9 Å². The van der Waals surface area contributed by atoms with E-state index < -0.39 is 24.1 Å². The van der Waals surface area contributed by atoms with Crippen LogP contribution in [0.25, 0.3) is 0 Å². The van der Waals surface area contributed by atoms with Crippen molar-refractivity contribution in [3.63, 3.8) is 0 Å². The van der Waals surface area contributed by atoms with Gasteiger partial charge < -0.3 is 28.6 Å². The number of hydrogen-bond acceptors (Lipinski definition) is 7. The molecule has 0 fully saturated rings. The largest absolute Gasteiger partial charge is 0.544 e. The third kappa shape index (κ3) is 36.2. The van der Waals surface area contributed by atoms with Gasteiger partial charge in [-0.1, -0.05) is 145 Å². The number of carbonyl (C=O) groups is 3. The van der Waals surface area contributed by atoms with Gasteiger partial charge in [-0.05, 0) is 64.2 Å². The Labute approximate surface area is 336 Å². The van der Waals surface area contributed by atoms with Crippen molar-refractivity contribution in [1.82, 2.24) is 0 Å². The van der Waals surface area contributed by atoms with Crippen molar-refractivity contribution in [2.45, 2.75) is 167 Å². The number of ether oxygens (including phenoxy) is 3. The summed E-state index contributed by atoms with van der Waals surface area (Å²) in [5.74, 6) is -1.90. The first-order valence-corrected chi connectivity index (χ1v) is 21.5. The molecule has 0 saturated heterocycles. The SMILES string of the molecule is CC/C=C/C/C=C/C/C=C/CC(=O)OC(COCCC(C(=O)[O-])[N+](C)(C)C)COC(=O)CCCCCCCCCCC/C=C/C/C=C/C/C=C/CCCCC. The fraction of sp³-hybridized carbons (Fsp3) is 0.681. The molecular weight excluding hydrogens is 691 g/mol. The van der Waals surface area contributed by atoms with Crippen LogP contribution in [0.5, 0.6) is 0 Å². The van der Waals surface area contributed by atoms with Gasteiger partial charge in [0.2, 0.25) is 0 Å². The maximum absolute atomic E-state index is 12.6. The zero-order valence-electron chi connectivity index (χ0n) is 35.6. The minimum Gasteiger partial charge on any atom is -0.544 e. The number of unbranched alkanes of at least 4 members (excludes halogenated alkanes) is 12. The van der Waals surface area contributed by atoms with Gasteiger partial charge in [0.05, 0.1) is 46.7 Å². The summed E-state index contributed by atoms with van der Waals surface area (Å²) >= 11 is 0. The van der Waals surface area contributed by atoms with Crippen molar-refractivity contribution in [3.8, 4) is 0 Å². The molecule has 55 heavy (non-hydrogen) atoms. The van der Waals surface area contributed by atoms with E-state index >= 15 is 0 Å². The predicted octanol–water partition coefficient (Wildman–Crippen LogP) is 10.2. The molecule has 0 aliphatic rings. The first-order chi connectivity index (χ1) is 26.6. The number of carboxylic acid groups (broad SMARTS) is 1. The van der Waals surface area contributed by atoms with Crippen LogP contribution in [-0.2, 0) is 28.6 Å². The Hall–Kier alpha value is -3.23. The Bertz CT molecular complexity index is 1130. The molecule has 0 aromatic rings. The van der Waals surface area contributed by atoms with Crippen LogP contribution in [0.15, 0.2) is 72.9 Å². The summed E-state index contributed by atoms with van der Waals surface area (Å²) in [7, 11) is 5.36. The maximum Gasteiger partial charge on any atom is 0.310 e. The van der Waals surface area contributed by atoms with E-state index in [1.807, 2.05) is 12.2 Å². The number of aliphatic carboxylic acids is 1. The van der Waals surface area contributed by atoms with E-state index in [4.69, 9.17) is 14.2 Å². The van der Waals surface area contributed by atoms with Gasteiger partial charge in [0, 0.05) is 12.8 Å². The first-order valence-electron chi connectivity index (χ1n) is 21.5. The van der Waals surface area contributed by atoms with E-state index in [-0.39, 0.29) is 43.1 Å². The van der Waals surface area contributed by atoms with Crippen LogP contribution in [0.3, 0.4) is 0 Å². The normalized spacial score (nSPS) is 13.7. The zero-order chi connectivity index (χ0) is 40.7. The van der Waals surface area contributed by atoms with Crippen molar-refractivity contribution >= 4 is 17.9 Å². The fourth-order valence-corrected chi connectivity index (χ4v) is 5.79. The lowest BCUT2D eigenvalue weighted by molar-refractivity contribution is -0.889. The summed E-state index contributed by atoms with van der Waals surface area (Å²) in [5, 5.41) is 11.6. The zero-order valence-corrected chi connectivity index (χ0v) is 35.6. The Kier molecular flexibility index (Phi) is 35.5. The third-order valence-corrected chi connectivity index (χ3v) is 9.11. The molecule has 0 aliphatic carbocycles. The summed E-state index contributed by atoms with van der Waals surface area (Å²) in [6.45, 7) is 4.38. The second-order valence-corrected chi connectivity index (χ2v) is 15.2. The lowest BCUT2D eigenvalue weighted by atomic mass is 10.1. The van der Waals surface area contributed by atoms with Gasteiger partial charge in [0.25, 0.3) is 0 Å². The Balaban J connectivity index is 4.28. The molecule has 2 unspecified atom stereocenters. The van der Waals surface area contributed by atoms with Crippen LogP contribution < -0.4 is 5.11 Å². The van der Waals surface area contributed by atoms with Gasteiger partial charge in [-0.2, -0.15) is 0 Å². The van der Waals surface area contributed by atoms with Crippen molar-refractivity contribution in [2.75, 3.05) is 41.0 Å². The number of carboxylic acids is 1. The standard InChI is InChI=1S/C47H79NO7/c1-6-8-10-12-14-16-17-18-19-20-21-22-23-24-25-26-27-28-30-31-33-35-37-45(49)54-42-43(41-53-40-39-44(47(51)52)48(3,4)5)55-46(50)38-36-34-32-29-15-13-11-9-7-2/h9,11,14-16,18-19,21-22,29,34,36,43-44H,6-8,10,12-13,17,20,23-28,30-33,35,37-42H2,1-5H3/b11-9+,16-14+,19-18+,22-21+,29-15+,36-34+. The number of hydrogen-bond donors (Lipinski definition) is 0. The van der Waals surface area contributed by atoms with Gasteiger partial charge in [0.15, 0.2) is 6.10 Å². The minimum atomic E-state index is -1.14. The highest BCUT2D eigenvalue weighted by atomic mass is 16.6. The van der Waals surface area contributed by atoms with Crippen LogP contribution in [0, 0.1) is 0 Å². The average molecular weight is 770 g/mol. The first kappa shape index (κ1) is 51.8. The number of esters is 2. The number of likely N-dealkylation sites (N-methyl/N-ethyl adjacent to an activating group) is 1. The Morgan fingerprint density at radius 1 is 0.582 bits per heavy atom. The molecule has 0 saturated carbocycles. The number of carbonyl (C=O) groups excluding carboxylic acids is 3. The third-order valence-electron chi connectivity index (χ3n) is 9.11. The molecule has 0 radical (unpaired) electrons. The molecule has 0 aliphatic heterocycles. The summed E-state index contributed by atoms with van der Waals surface area (Å²) in [6, 6.07) is -0.742. The van der Waals surface area contributed by atoms with Crippen molar-refractivity contribution in [3.05, 3.63) is 72.9 Å². The Morgan fingerprint density at radius 2 is 1.07 bits per heavy atom. The lowest BCUT2D eigenvalue weighted by Gasteiger charge is -2.34. The molecule has 0 bridgehead atoms. The molecule has 0 aromatic carbocycles. The van der Waals surface area contributed by atoms with E-state index in [0.717, 1.165) is 57.8 Å². The quantitative estimate of drug-likeness (QED) is 0.0268.